The van der Waals surface area contributed by atoms with Gasteiger partial charge in [-0.1, -0.05) is 24.3 Å². The largest absolute Gasteiger partial charge is 0.416 e. The Morgan fingerprint density at radius 1 is 1.05 bits per heavy atom. The Bertz CT molecular complexity index is 699. The maximum absolute atomic E-state index is 12.7. The van der Waals surface area contributed by atoms with Crippen molar-refractivity contribution in [2.24, 2.45) is 0 Å². The molecule has 0 saturated carbocycles. The molecule has 20 heavy (non-hydrogen) atoms. The van der Waals surface area contributed by atoms with Crippen LogP contribution in [0.15, 0.2) is 42.5 Å². The van der Waals surface area contributed by atoms with Gasteiger partial charge in [0, 0.05) is 11.1 Å². The van der Waals surface area contributed by atoms with E-state index in [0.717, 1.165) is 18.2 Å². The molecular weight excluding hydrogens is 267 g/mol. The fraction of sp³-hybridized carbons (Fsp3) is 0.0667. The summed E-state index contributed by atoms with van der Waals surface area (Å²) in [6, 6.07) is 11.0. The minimum Gasteiger partial charge on any atom is -0.298 e. The molecule has 2 nitrogen and oxygen atoms in total. The summed E-state index contributed by atoms with van der Waals surface area (Å²) in [5, 5.41) is 9.01. The van der Waals surface area contributed by atoms with E-state index >= 15 is 0 Å². The van der Waals surface area contributed by atoms with Crippen molar-refractivity contribution in [3.05, 3.63) is 59.2 Å². The molecule has 0 saturated heterocycles. The van der Waals surface area contributed by atoms with Crippen molar-refractivity contribution in [3.63, 3.8) is 0 Å². The Morgan fingerprint density at radius 3 is 2.35 bits per heavy atom. The molecule has 0 atom stereocenters. The number of halogens is 3. The van der Waals surface area contributed by atoms with E-state index in [2.05, 4.69) is 0 Å². The third-order valence-corrected chi connectivity index (χ3v) is 2.85. The van der Waals surface area contributed by atoms with Crippen molar-refractivity contribution in [2.45, 2.75) is 6.18 Å². The summed E-state index contributed by atoms with van der Waals surface area (Å²) in [5.41, 5.74) is -0.114. The predicted molar refractivity (Wildman–Crippen MR) is 67.0 cm³/mol. The van der Waals surface area contributed by atoms with Crippen LogP contribution in [0, 0.1) is 11.3 Å². The molecule has 0 N–H and O–H groups in total. The number of carbonyl (C=O) groups excluding carboxylic acids is 1. The second-order valence-electron chi connectivity index (χ2n) is 4.08. The average Bonchev–Trinajstić information content (AvgIpc) is 2.45. The van der Waals surface area contributed by atoms with E-state index in [4.69, 9.17) is 5.26 Å². The van der Waals surface area contributed by atoms with Gasteiger partial charge in [0.25, 0.3) is 0 Å². The first-order valence-corrected chi connectivity index (χ1v) is 5.63. The molecule has 0 fully saturated rings. The highest BCUT2D eigenvalue weighted by Gasteiger charge is 2.31. The Balaban J connectivity index is 2.72. The van der Waals surface area contributed by atoms with Gasteiger partial charge in [-0.05, 0) is 23.8 Å². The Morgan fingerprint density at radius 2 is 1.75 bits per heavy atom. The second-order valence-corrected chi connectivity index (χ2v) is 4.08. The van der Waals surface area contributed by atoms with Crippen LogP contribution in [0.1, 0.15) is 21.5 Å². The van der Waals surface area contributed by atoms with E-state index in [9.17, 15) is 18.0 Å². The molecule has 0 aliphatic carbocycles. The molecule has 0 aliphatic rings. The van der Waals surface area contributed by atoms with Gasteiger partial charge < -0.3 is 0 Å². The SMILES string of the molecule is N#Cc1ccccc1-c1cc(C(F)(F)F)ccc1C=O. The minimum atomic E-state index is -4.50. The van der Waals surface area contributed by atoms with Crippen LogP contribution >= 0.6 is 0 Å². The van der Waals surface area contributed by atoms with Crippen molar-refractivity contribution in [2.75, 3.05) is 0 Å². The van der Waals surface area contributed by atoms with Gasteiger partial charge in [-0.2, -0.15) is 18.4 Å². The molecule has 0 bridgehead atoms. The summed E-state index contributed by atoms with van der Waals surface area (Å²) >= 11 is 0. The van der Waals surface area contributed by atoms with Gasteiger partial charge in [0.1, 0.15) is 0 Å². The van der Waals surface area contributed by atoms with E-state index < -0.39 is 11.7 Å². The summed E-state index contributed by atoms with van der Waals surface area (Å²) in [5.74, 6) is 0. The molecular formula is C15H8F3NO. The monoisotopic (exact) mass is 275 g/mol. The van der Waals surface area contributed by atoms with Gasteiger partial charge in [0.2, 0.25) is 0 Å². The summed E-state index contributed by atoms with van der Waals surface area (Å²) in [7, 11) is 0. The second kappa shape index (κ2) is 5.17. The molecule has 0 spiro atoms. The molecule has 0 amide bonds. The topological polar surface area (TPSA) is 40.9 Å². The number of hydrogen-bond donors (Lipinski definition) is 0. The van der Waals surface area contributed by atoms with E-state index in [1.165, 1.54) is 12.1 Å². The van der Waals surface area contributed by atoms with E-state index in [0.29, 0.717) is 11.8 Å². The zero-order valence-electron chi connectivity index (χ0n) is 10.1. The van der Waals surface area contributed by atoms with Gasteiger partial charge in [0.15, 0.2) is 6.29 Å². The lowest BCUT2D eigenvalue weighted by Crippen LogP contribution is -2.06. The lowest BCUT2D eigenvalue weighted by Gasteiger charge is -2.12. The van der Waals surface area contributed by atoms with Gasteiger partial charge in [-0.15, -0.1) is 0 Å². The number of alkyl halides is 3. The smallest absolute Gasteiger partial charge is 0.298 e. The summed E-state index contributed by atoms with van der Waals surface area (Å²) in [6.45, 7) is 0. The number of hydrogen-bond acceptors (Lipinski definition) is 2. The van der Waals surface area contributed by atoms with Crippen molar-refractivity contribution >= 4 is 6.29 Å². The van der Waals surface area contributed by atoms with Crippen LogP contribution in [0.5, 0.6) is 0 Å². The molecule has 2 rings (SSSR count). The molecule has 0 aliphatic heterocycles. The number of nitrogens with zero attached hydrogens (tertiary/aromatic N) is 1. The number of nitriles is 1. The molecule has 0 aromatic heterocycles. The molecule has 2 aromatic carbocycles. The highest BCUT2D eigenvalue weighted by molar-refractivity contribution is 5.89. The highest BCUT2D eigenvalue weighted by Crippen LogP contribution is 2.34. The van der Waals surface area contributed by atoms with Crippen molar-refractivity contribution in [1.82, 2.24) is 0 Å². The van der Waals surface area contributed by atoms with E-state index in [1.54, 1.807) is 12.1 Å². The lowest BCUT2D eigenvalue weighted by atomic mass is 9.94. The third kappa shape index (κ3) is 2.54. The summed E-state index contributed by atoms with van der Waals surface area (Å²) < 4.78 is 38.2. The predicted octanol–water partition coefficient (Wildman–Crippen LogP) is 4.06. The van der Waals surface area contributed by atoms with E-state index in [1.807, 2.05) is 6.07 Å². The lowest BCUT2D eigenvalue weighted by molar-refractivity contribution is -0.137. The number of benzene rings is 2. The first-order valence-electron chi connectivity index (χ1n) is 5.63. The van der Waals surface area contributed by atoms with Crippen LogP contribution in [0.3, 0.4) is 0 Å². The standard InChI is InChI=1S/C15H8F3NO/c16-15(17,18)12-6-5-11(9-20)14(7-12)13-4-2-1-3-10(13)8-19/h1-7,9H. The van der Waals surface area contributed by atoms with Gasteiger partial charge in [0.05, 0.1) is 17.2 Å². The van der Waals surface area contributed by atoms with Crippen LogP contribution in [0.4, 0.5) is 13.2 Å². The van der Waals surface area contributed by atoms with Crippen molar-refractivity contribution in [3.8, 4) is 17.2 Å². The van der Waals surface area contributed by atoms with Crippen LogP contribution in [0.25, 0.3) is 11.1 Å². The summed E-state index contributed by atoms with van der Waals surface area (Å²) in [6.07, 6.45) is -4.03. The molecule has 0 heterocycles. The zero-order chi connectivity index (χ0) is 14.8. The van der Waals surface area contributed by atoms with E-state index in [-0.39, 0.29) is 16.7 Å². The molecule has 2 aromatic rings. The van der Waals surface area contributed by atoms with Crippen molar-refractivity contribution in [1.29, 1.82) is 5.26 Å². The normalized spacial score (nSPS) is 10.9. The maximum atomic E-state index is 12.7. The number of rotatable bonds is 2. The molecule has 5 heteroatoms. The van der Waals surface area contributed by atoms with Gasteiger partial charge >= 0.3 is 6.18 Å². The third-order valence-electron chi connectivity index (χ3n) is 2.85. The number of carbonyl (C=O) groups is 1. The molecule has 0 unspecified atom stereocenters. The zero-order valence-corrected chi connectivity index (χ0v) is 10.1. The van der Waals surface area contributed by atoms with Crippen LogP contribution in [-0.4, -0.2) is 6.29 Å². The average molecular weight is 275 g/mol. The van der Waals surface area contributed by atoms with Crippen LogP contribution in [0.2, 0.25) is 0 Å². The van der Waals surface area contributed by atoms with Crippen LogP contribution in [-0.2, 0) is 6.18 Å². The Kier molecular flexibility index (Phi) is 3.57. The quantitative estimate of drug-likeness (QED) is 0.775. The first kappa shape index (κ1) is 13.8. The van der Waals surface area contributed by atoms with Gasteiger partial charge in [-0.3, -0.25) is 4.79 Å². The minimum absolute atomic E-state index is 0.104. The summed E-state index contributed by atoms with van der Waals surface area (Å²) in [4.78, 5) is 11.0. The Hall–Kier alpha value is -2.61. The maximum Gasteiger partial charge on any atom is 0.416 e. The Labute approximate surface area is 113 Å². The van der Waals surface area contributed by atoms with Gasteiger partial charge in [-0.25, -0.2) is 0 Å². The highest BCUT2D eigenvalue weighted by atomic mass is 19.4. The number of aldehydes is 1. The van der Waals surface area contributed by atoms with Crippen LogP contribution < -0.4 is 0 Å². The fourth-order valence-corrected chi connectivity index (χ4v) is 1.88. The molecule has 0 radical (unpaired) electrons. The molecule has 100 valence electrons. The first-order chi connectivity index (χ1) is 9.47. The fourth-order valence-electron chi connectivity index (χ4n) is 1.88. The van der Waals surface area contributed by atoms with Crippen molar-refractivity contribution < 1.29 is 18.0 Å².